The van der Waals surface area contributed by atoms with Crippen molar-refractivity contribution in [3.63, 3.8) is 0 Å². The highest BCUT2D eigenvalue weighted by atomic mass is 32.2. The van der Waals surface area contributed by atoms with E-state index in [1.165, 1.54) is 30.9 Å². The fourth-order valence-electron chi connectivity index (χ4n) is 3.65. The number of nitrogens with zero attached hydrogens (tertiary/aromatic N) is 1. The van der Waals surface area contributed by atoms with Gasteiger partial charge in [0.15, 0.2) is 0 Å². The first kappa shape index (κ1) is 13.7. The van der Waals surface area contributed by atoms with E-state index in [4.69, 9.17) is 5.73 Å². The third-order valence-corrected chi connectivity index (χ3v) is 6.01. The zero-order chi connectivity index (χ0) is 12.4. The van der Waals surface area contributed by atoms with Gasteiger partial charge in [-0.15, -0.1) is 0 Å². The van der Waals surface area contributed by atoms with Gasteiger partial charge in [-0.2, -0.15) is 11.8 Å². The number of piperidine rings is 1. The van der Waals surface area contributed by atoms with Gasteiger partial charge in [-0.05, 0) is 49.0 Å². The Balaban J connectivity index is 2.05. The standard InChI is InChI=1S/C14H28N2S/c1-10-6-11(2)12(3)16(8-10)14(7-15)13-4-5-17-9-13/h10-14H,4-9,15H2,1-3H3. The second-order valence-electron chi connectivity index (χ2n) is 6.18. The Labute approximate surface area is 111 Å². The van der Waals surface area contributed by atoms with Crippen LogP contribution >= 0.6 is 11.8 Å². The molecular weight excluding hydrogens is 228 g/mol. The number of hydrogen-bond donors (Lipinski definition) is 1. The highest BCUT2D eigenvalue weighted by molar-refractivity contribution is 7.99. The summed E-state index contributed by atoms with van der Waals surface area (Å²) in [5.41, 5.74) is 6.09. The Bertz CT molecular complexity index is 240. The molecule has 0 amide bonds. The second-order valence-corrected chi connectivity index (χ2v) is 7.33. The van der Waals surface area contributed by atoms with Crippen LogP contribution in [0.4, 0.5) is 0 Å². The topological polar surface area (TPSA) is 29.3 Å². The molecule has 2 rings (SSSR count). The zero-order valence-corrected chi connectivity index (χ0v) is 12.4. The highest BCUT2D eigenvalue weighted by Gasteiger charge is 2.37. The van der Waals surface area contributed by atoms with Crippen molar-refractivity contribution < 1.29 is 0 Å². The molecule has 2 N–H and O–H groups in total. The Morgan fingerprint density at radius 3 is 2.71 bits per heavy atom. The molecule has 0 aromatic heterocycles. The molecule has 100 valence electrons. The first-order valence-corrected chi connectivity index (χ1v) is 8.32. The van der Waals surface area contributed by atoms with Gasteiger partial charge in [0.25, 0.3) is 0 Å². The lowest BCUT2D eigenvalue weighted by atomic mass is 9.83. The molecule has 5 unspecified atom stereocenters. The van der Waals surface area contributed by atoms with Gasteiger partial charge in [-0.1, -0.05) is 13.8 Å². The van der Waals surface area contributed by atoms with Crippen LogP contribution < -0.4 is 5.73 Å². The molecule has 2 aliphatic heterocycles. The minimum absolute atomic E-state index is 0.630. The molecule has 5 atom stereocenters. The molecule has 0 spiro atoms. The quantitative estimate of drug-likeness (QED) is 0.841. The van der Waals surface area contributed by atoms with Crippen LogP contribution in [-0.2, 0) is 0 Å². The van der Waals surface area contributed by atoms with Crippen molar-refractivity contribution >= 4 is 11.8 Å². The molecule has 2 aliphatic rings. The van der Waals surface area contributed by atoms with Gasteiger partial charge >= 0.3 is 0 Å². The monoisotopic (exact) mass is 256 g/mol. The van der Waals surface area contributed by atoms with Crippen LogP contribution in [-0.4, -0.2) is 41.6 Å². The van der Waals surface area contributed by atoms with Crippen molar-refractivity contribution in [2.24, 2.45) is 23.5 Å². The molecule has 0 aromatic carbocycles. The lowest BCUT2D eigenvalue weighted by molar-refractivity contribution is 0.0242. The molecule has 17 heavy (non-hydrogen) atoms. The first-order chi connectivity index (χ1) is 8.13. The van der Waals surface area contributed by atoms with E-state index >= 15 is 0 Å². The van der Waals surface area contributed by atoms with Crippen LogP contribution in [0.15, 0.2) is 0 Å². The molecule has 3 heteroatoms. The largest absolute Gasteiger partial charge is 0.329 e. The summed E-state index contributed by atoms with van der Waals surface area (Å²) in [6.07, 6.45) is 2.76. The summed E-state index contributed by atoms with van der Waals surface area (Å²) in [5, 5.41) is 0. The number of thioether (sulfide) groups is 1. The average Bonchev–Trinajstić information content (AvgIpc) is 2.79. The minimum Gasteiger partial charge on any atom is -0.329 e. The smallest absolute Gasteiger partial charge is 0.0257 e. The first-order valence-electron chi connectivity index (χ1n) is 7.17. The average molecular weight is 256 g/mol. The van der Waals surface area contributed by atoms with E-state index in [1.807, 2.05) is 0 Å². The molecule has 0 aliphatic carbocycles. The van der Waals surface area contributed by atoms with Crippen molar-refractivity contribution in [2.45, 2.75) is 45.7 Å². The Morgan fingerprint density at radius 2 is 2.12 bits per heavy atom. The summed E-state index contributed by atoms with van der Waals surface area (Å²) in [7, 11) is 0. The van der Waals surface area contributed by atoms with Crippen LogP contribution in [0, 0.1) is 17.8 Å². The molecule has 2 nitrogen and oxygen atoms in total. The number of nitrogens with two attached hydrogens (primary N) is 1. The fourth-order valence-corrected chi connectivity index (χ4v) is 4.98. The van der Waals surface area contributed by atoms with Crippen molar-refractivity contribution in [3.8, 4) is 0 Å². The van der Waals surface area contributed by atoms with Crippen LogP contribution in [0.3, 0.4) is 0 Å². The van der Waals surface area contributed by atoms with Gasteiger partial charge in [0.05, 0.1) is 0 Å². The lowest BCUT2D eigenvalue weighted by Crippen LogP contribution is -2.55. The van der Waals surface area contributed by atoms with E-state index in [2.05, 4.69) is 37.4 Å². The summed E-state index contributed by atoms with van der Waals surface area (Å²) < 4.78 is 0. The summed E-state index contributed by atoms with van der Waals surface area (Å²) >= 11 is 2.11. The van der Waals surface area contributed by atoms with Crippen molar-refractivity contribution in [1.29, 1.82) is 0 Å². The third kappa shape index (κ3) is 2.99. The molecule has 0 aromatic rings. The zero-order valence-electron chi connectivity index (χ0n) is 11.6. The van der Waals surface area contributed by atoms with Gasteiger partial charge in [0.2, 0.25) is 0 Å². The van der Waals surface area contributed by atoms with Crippen LogP contribution in [0.1, 0.15) is 33.6 Å². The molecule has 0 radical (unpaired) electrons. The Kier molecular flexibility index (Phi) is 4.79. The molecule has 0 saturated carbocycles. The van der Waals surface area contributed by atoms with Gasteiger partial charge < -0.3 is 5.73 Å². The van der Waals surface area contributed by atoms with E-state index in [1.54, 1.807) is 0 Å². The second kappa shape index (κ2) is 5.94. The van der Waals surface area contributed by atoms with Crippen molar-refractivity contribution in [1.82, 2.24) is 4.90 Å². The van der Waals surface area contributed by atoms with Gasteiger partial charge in [0, 0.05) is 25.2 Å². The summed E-state index contributed by atoms with van der Waals surface area (Å²) in [6, 6.07) is 1.34. The highest BCUT2D eigenvalue weighted by Crippen LogP contribution is 2.34. The predicted octanol–water partition coefficient (Wildman–Crippen LogP) is 2.43. The van der Waals surface area contributed by atoms with Crippen LogP contribution in [0.5, 0.6) is 0 Å². The molecule has 2 heterocycles. The lowest BCUT2D eigenvalue weighted by Gasteiger charge is -2.47. The molecule has 2 saturated heterocycles. The third-order valence-electron chi connectivity index (χ3n) is 4.82. The number of rotatable bonds is 3. The van der Waals surface area contributed by atoms with E-state index in [0.29, 0.717) is 12.1 Å². The summed E-state index contributed by atoms with van der Waals surface area (Å²) in [5.74, 6) is 5.17. The summed E-state index contributed by atoms with van der Waals surface area (Å²) in [6.45, 7) is 9.31. The maximum absolute atomic E-state index is 6.09. The normalized spacial score (nSPS) is 41.6. The van der Waals surface area contributed by atoms with Crippen LogP contribution in [0.2, 0.25) is 0 Å². The van der Waals surface area contributed by atoms with E-state index in [-0.39, 0.29) is 0 Å². The fraction of sp³-hybridized carbons (Fsp3) is 1.00. The Hall–Kier alpha value is 0.270. The maximum atomic E-state index is 6.09. The number of hydrogen-bond acceptors (Lipinski definition) is 3. The summed E-state index contributed by atoms with van der Waals surface area (Å²) in [4.78, 5) is 2.73. The van der Waals surface area contributed by atoms with E-state index < -0.39 is 0 Å². The van der Waals surface area contributed by atoms with Crippen molar-refractivity contribution in [3.05, 3.63) is 0 Å². The van der Waals surface area contributed by atoms with E-state index in [9.17, 15) is 0 Å². The SMILES string of the molecule is CC1CC(C)C(C)N(C(CN)C2CCSC2)C1. The van der Waals surface area contributed by atoms with Gasteiger partial charge in [0.1, 0.15) is 0 Å². The van der Waals surface area contributed by atoms with Gasteiger partial charge in [-0.25, -0.2) is 0 Å². The molecule has 2 fully saturated rings. The predicted molar refractivity (Wildman–Crippen MR) is 77.4 cm³/mol. The Morgan fingerprint density at radius 1 is 1.35 bits per heavy atom. The minimum atomic E-state index is 0.630. The van der Waals surface area contributed by atoms with Gasteiger partial charge in [-0.3, -0.25) is 4.90 Å². The van der Waals surface area contributed by atoms with Crippen molar-refractivity contribution in [2.75, 3.05) is 24.6 Å². The van der Waals surface area contributed by atoms with E-state index in [0.717, 1.165) is 24.3 Å². The maximum Gasteiger partial charge on any atom is 0.0257 e. The van der Waals surface area contributed by atoms with Crippen LogP contribution in [0.25, 0.3) is 0 Å². The molecular formula is C14H28N2S. The molecule has 0 bridgehead atoms. The number of likely N-dealkylation sites (tertiary alicyclic amines) is 1.